The number of likely N-dealkylation sites (tertiary alicyclic amines) is 1. The maximum atomic E-state index is 13.9. The highest BCUT2D eigenvalue weighted by molar-refractivity contribution is 6.15. The van der Waals surface area contributed by atoms with E-state index in [0.29, 0.717) is 35.6 Å². The molecule has 5 rings (SSSR count). The fraction of sp³-hybridized carbons (Fsp3) is 0.407. The highest BCUT2D eigenvalue weighted by Gasteiger charge is 2.70. The van der Waals surface area contributed by atoms with E-state index < -0.39 is 47.0 Å². The first kappa shape index (κ1) is 24.8. The van der Waals surface area contributed by atoms with Crippen LogP contribution in [0.25, 0.3) is 0 Å². The largest absolute Gasteiger partial charge is 0.493 e. The quantitative estimate of drug-likeness (QED) is 0.456. The second-order valence-corrected chi connectivity index (χ2v) is 9.65. The fourth-order valence-electron chi connectivity index (χ4n) is 6.13. The molecule has 0 aromatic heterocycles. The standard InChI is InChI=1S/C27H30N4O6/c1-4-15-6-5-7-16-23(15)29-26(35)27(16)22-21(17(30-27)13-20(28)32)24(33)31(25(22)34)11-10-14-8-9-18(36-2)19(12-14)37-3/h5-9,12,17,21-22,30H,4,10-11,13H2,1-3H3,(H2,28,32)(H,29,35)/t17-,21+,22+,27+/m0/s1. The molecule has 2 aromatic carbocycles. The Morgan fingerprint density at radius 2 is 1.84 bits per heavy atom. The minimum atomic E-state index is -1.45. The summed E-state index contributed by atoms with van der Waals surface area (Å²) < 4.78 is 10.6. The number of anilines is 1. The number of primary amides is 1. The third kappa shape index (κ3) is 3.66. The zero-order valence-electron chi connectivity index (χ0n) is 21.0. The summed E-state index contributed by atoms with van der Waals surface area (Å²) >= 11 is 0. The summed E-state index contributed by atoms with van der Waals surface area (Å²) in [6.45, 7) is 2.11. The summed E-state index contributed by atoms with van der Waals surface area (Å²) in [5.74, 6) is -2.58. The van der Waals surface area contributed by atoms with Gasteiger partial charge in [0, 0.05) is 30.3 Å². The topological polar surface area (TPSA) is 140 Å². The lowest BCUT2D eigenvalue weighted by molar-refractivity contribution is -0.142. The van der Waals surface area contributed by atoms with Crippen molar-refractivity contribution in [2.24, 2.45) is 17.6 Å². The van der Waals surface area contributed by atoms with Crippen molar-refractivity contribution in [3.05, 3.63) is 53.1 Å². The monoisotopic (exact) mass is 506 g/mol. The molecule has 3 aliphatic heterocycles. The molecule has 0 saturated carbocycles. The number of nitrogens with zero attached hydrogens (tertiary/aromatic N) is 1. The zero-order chi connectivity index (χ0) is 26.5. The van der Waals surface area contributed by atoms with Crippen LogP contribution in [0.3, 0.4) is 0 Å². The molecule has 4 atom stereocenters. The van der Waals surface area contributed by atoms with Crippen molar-refractivity contribution in [2.45, 2.75) is 37.8 Å². The van der Waals surface area contributed by atoms with Crippen LogP contribution in [0.5, 0.6) is 11.5 Å². The Balaban J connectivity index is 1.50. The molecule has 3 aliphatic rings. The third-order valence-electron chi connectivity index (χ3n) is 7.80. The van der Waals surface area contributed by atoms with Crippen molar-refractivity contribution in [1.82, 2.24) is 10.2 Å². The lowest BCUT2D eigenvalue weighted by atomic mass is 9.76. The fourth-order valence-corrected chi connectivity index (χ4v) is 6.13. The molecule has 10 heteroatoms. The van der Waals surface area contributed by atoms with Crippen LogP contribution < -0.4 is 25.8 Å². The van der Waals surface area contributed by atoms with Gasteiger partial charge in [-0.15, -0.1) is 0 Å². The van der Waals surface area contributed by atoms with Crippen molar-refractivity contribution >= 4 is 29.3 Å². The molecule has 2 aromatic rings. The van der Waals surface area contributed by atoms with Crippen molar-refractivity contribution < 1.29 is 28.7 Å². The molecule has 10 nitrogen and oxygen atoms in total. The van der Waals surface area contributed by atoms with Crippen LogP contribution >= 0.6 is 0 Å². The smallest absolute Gasteiger partial charge is 0.250 e. The Morgan fingerprint density at radius 3 is 2.51 bits per heavy atom. The second kappa shape index (κ2) is 9.19. The van der Waals surface area contributed by atoms with Gasteiger partial charge in [-0.05, 0) is 36.1 Å². The number of carbonyl (C=O) groups is 4. The summed E-state index contributed by atoms with van der Waals surface area (Å²) in [6, 6.07) is 10.2. The lowest BCUT2D eigenvalue weighted by Crippen LogP contribution is -2.53. The van der Waals surface area contributed by atoms with Gasteiger partial charge in [0.2, 0.25) is 23.6 Å². The molecule has 2 fully saturated rings. The van der Waals surface area contributed by atoms with Gasteiger partial charge in [-0.1, -0.05) is 31.2 Å². The van der Waals surface area contributed by atoms with Gasteiger partial charge in [-0.3, -0.25) is 29.4 Å². The van der Waals surface area contributed by atoms with Crippen LogP contribution in [0.2, 0.25) is 0 Å². The Morgan fingerprint density at radius 1 is 1.08 bits per heavy atom. The first-order chi connectivity index (χ1) is 17.8. The van der Waals surface area contributed by atoms with Gasteiger partial charge in [0.1, 0.15) is 5.54 Å². The van der Waals surface area contributed by atoms with E-state index in [1.165, 1.54) is 12.0 Å². The maximum absolute atomic E-state index is 13.9. The number of hydrogen-bond acceptors (Lipinski definition) is 7. The number of rotatable bonds is 8. The summed E-state index contributed by atoms with van der Waals surface area (Å²) in [4.78, 5) is 54.2. The normalized spacial score (nSPS) is 25.9. The van der Waals surface area contributed by atoms with E-state index >= 15 is 0 Å². The van der Waals surface area contributed by atoms with E-state index in [1.807, 2.05) is 25.1 Å². The zero-order valence-corrected chi connectivity index (χ0v) is 21.0. The summed E-state index contributed by atoms with van der Waals surface area (Å²) in [6.07, 6.45) is 0.908. The number of nitrogens with one attached hydrogen (secondary N) is 2. The van der Waals surface area contributed by atoms with Crippen molar-refractivity contribution in [2.75, 3.05) is 26.1 Å². The van der Waals surface area contributed by atoms with Crippen molar-refractivity contribution in [1.29, 1.82) is 0 Å². The van der Waals surface area contributed by atoms with E-state index in [0.717, 1.165) is 11.1 Å². The average molecular weight is 507 g/mol. The number of para-hydroxylation sites is 1. The highest BCUT2D eigenvalue weighted by atomic mass is 16.5. The Labute approximate surface area is 214 Å². The number of aryl methyl sites for hydroxylation is 1. The van der Waals surface area contributed by atoms with Crippen molar-refractivity contribution in [3.8, 4) is 11.5 Å². The van der Waals surface area contributed by atoms with Crippen LogP contribution in [0.4, 0.5) is 5.69 Å². The van der Waals surface area contributed by atoms with Gasteiger partial charge in [0.05, 0.1) is 26.1 Å². The highest BCUT2D eigenvalue weighted by Crippen LogP contribution is 2.54. The number of carbonyl (C=O) groups excluding carboxylic acids is 4. The molecule has 1 spiro atoms. The number of methoxy groups -OCH3 is 2. The minimum Gasteiger partial charge on any atom is -0.493 e. The molecule has 37 heavy (non-hydrogen) atoms. The Hall–Kier alpha value is -3.92. The maximum Gasteiger partial charge on any atom is 0.250 e. The van der Waals surface area contributed by atoms with E-state index in [-0.39, 0.29) is 13.0 Å². The van der Waals surface area contributed by atoms with E-state index in [2.05, 4.69) is 10.6 Å². The molecule has 194 valence electrons. The molecule has 0 bridgehead atoms. The van der Waals surface area contributed by atoms with Crippen molar-refractivity contribution in [3.63, 3.8) is 0 Å². The summed E-state index contributed by atoms with van der Waals surface area (Å²) in [5.41, 5.74) is 7.13. The Bertz CT molecular complexity index is 1310. The predicted octanol–water partition coefficient (Wildman–Crippen LogP) is 1.10. The second-order valence-electron chi connectivity index (χ2n) is 9.65. The Kier molecular flexibility index (Phi) is 6.15. The minimum absolute atomic E-state index is 0.128. The van der Waals surface area contributed by atoms with Gasteiger partial charge < -0.3 is 20.5 Å². The molecular formula is C27H30N4O6. The number of hydrogen-bond donors (Lipinski definition) is 3. The van der Waals surface area contributed by atoms with E-state index in [4.69, 9.17) is 15.2 Å². The predicted molar refractivity (Wildman–Crippen MR) is 134 cm³/mol. The number of nitrogens with two attached hydrogens (primary N) is 1. The van der Waals surface area contributed by atoms with Crippen LogP contribution in [-0.2, 0) is 37.6 Å². The van der Waals surface area contributed by atoms with Gasteiger partial charge in [-0.25, -0.2) is 0 Å². The number of amides is 4. The van der Waals surface area contributed by atoms with Crippen LogP contribution in [-0.4, -0.2) is 55.3 Å². The van der Waals surface area contributed by atoms with Gasteiger partial charge >= 0.3 is 0 Å². The number of benzene rings is 2. The van der Waals surface area contributed by atoms with Crippen LogP contribution in [0, 0.1) is 11.8 Å². The van der Waals surface area contributed by atoms with Gasteiger partial charge in [0.15, 0.2) is 11.5 Å². The summed E-state index contributed by atoms with van der Waals surface area (Å²) in [5, 5.41) is 6.17. The van der Waals surface area contributed by atoms with Crippen LogP contribution in [0.1, 0.15) is 30.0 Å². The molecule has 4 N–H and O–H groups in total. The SMILES string of the molecule is CCc1cccc2c1NC(=O)[C@@]21N[C@@H](CC(N)=O)[C@H]2C(=O)N(CCc3ccc(OC)c(OC)c3)C(=O)[C@@H]21. The first-order valence-corrected chi connectivity index (χ1v) is 12.3. The number of imide groups is 1. The molecule has 0 aliphatic carbocycles. The molecule has 4 amide bonds. The van der Waals surface area contributed by atoms with Gasteiger partial charge in [-0.2, -0.15) is 0 Å². The molecular weight excluding hydrogens is 476 g/mol. The number of ether oxygens (including phenoxy) is 2. The third-order valence-corrected chi connectivity index (χ3v) is 7.80. The lowest BCUT2D eigenvalue weighted by Gasteiger charge is -2.29. The van der Waals surface area contributed by atoms with E-state index in [1.54, 1.807) is 25.3 Å². The van der Waals surface area contributed by atoms with Crippen LogP contribution in [0.15, 0.2) is 36.4 Å². The summed E-state index contributed by atoms with van der Waals surface area (Å²) in [7, 11) is 3.08. The first-order valence-electron chi connectivity index (χ1n) is 12.3. The molecule has 0 radical (unpaired) electrons. The molecule has 3 heterocycles. The van der Waals surface area contributed by atoms with E-state index in [9.17, 15) is 19.2 Å². The van der Waals surface area contributed by atoms with Gasteiger partial charge in [0.25, 0.3) is 0 Å². The average Bonchev–Trinajstić information content (AvgIpc) is 3.46. The molecule has 0 unspecified atom stereocenters. The number of fused-ring (bicyclic) bond motifs is 4. The molecule has 2 saturated heterocycles.